The van der Waals surface area contributed by atoms with Crippen LogP contribution in [0.15, 0.2) is 58.6 Å². The summed E-state index contributed by atoms with van der Waals surface area (Å²) in [5.74, 6) is 1.75. The Kier molecular flexibility index (Phi) is 8.73. The summed E-state index contributed by atoms with van der Waals surface area (Å²) in [5, 5.41) is 3.31. The monoisotopic (exact) mass is 531 g/mol. The molecule has 1 saturated carbocycles. The molecule has 8 nitrogen and oxygen atoms in total. The molecule has 1 aliphatic carbocycles. The molecule has 2 heterocycles. The van der Waals surface area contributed by atoms with Crippen LogP contribution in [0.5, 0.6) is 0 Å². The Morgan fingerprint density at radius 3 is 2.41 bits per heavy atom. The van der Waals surface area contributed by atoms with Gasteiger partial charge in [0.2, 0.25) is 5.91 Å². The van der Waals surface area contributed by atoms with Crippen LogP contribution in [0.4, 0.5) is 11.6 Å². The van der Waals surface area contributed by atoms with E-state index in [-0.39, 0.29) is 28.9 Å². The SMILES string of the molecule is CCC(=O)N(C)c1ccc2nc(NCCC(OC(C)(C)C)=C3CCC3)c(=O)n(C(CC)c3ccccc3)c2n1. The maximum Gasteiger partial charge on any atom is 0.295 e. The third-order valence-electron chi connectivity index (χ3n) is 7.05. The van der Waals surface area contributed by atoms with Crippen LogP contribution < -0.4 is 15.8 Å². The molecule has 1 aliphatic rings. The van der Waals surface area contributed by atoms with Crippen molar-refractivity contribution < 1.29 is 9.53 Å². The average Bonchev–Trinajstić information content (AvgIpc) is 2.88. The second kappa shape index (κ2) is 12.0. The van der Waals surface area contributed by atoms with Crippen LogP contribution in [0, 0.1) is 0 Å². The second-order valence-electron chi connectivity index (χ2n) is 11.1. The van der Waals surface area contributed by atoms with Crippen molar-refractivity contribution in [3.05, 3.63) is 69.7 Å². The number of hydrogen-bond acceptors (Lipinski definition) is 6. The largest absolute Gasteiger partial charge is 0.492 e. The molecule has 1 N–H and O–H groups in total. The van der Waals surface area contributed by atoms with Crippen LogP contribution in [-0.4, -0.2) is 39.6 Å². The van der Waals surface area contributed by atoms with Crippen molar-refractivity contribution in [2.75, 3.05) is 23.8 Å². The Morgan fingerprint density at radius 2 is 1.82 bits per heavy atom. The lowest BCUT2D eigenvalue weighted by Gasteiger charge is -2.29. The van der Waals surface area contributed by atoms with E-state index in [4.69, 9.17) is 14.7 Å². The van der Waals surface area contributed by atoms with Gasteiger partial charge < -0.3 is 10.1 Å². The van der Waals surface area contributed by atoms with Gasteiger partial charge in [-0.15, -0.1) is 0 Å². The second-order valence-corrected chi connectivity index (χ2v) is 11.1. The van der Waals surface area contributed by atoms with Crippen LogP contribution in [0.3, 0.4) is 0 Å². The topological polar surface area (TPSA) is 89.4 Å². The standard InChI is InChI=1S/C31H41N5O3/c1-7-24(21-13-10-9-11-14-21)36-29-23(17-18-26(34-29)35(6)27(37)8-2)33-28(30(36)38)32-20-19-25(22-15-12-16-22)39-31(3,4)5/h9-11,13-14,17-18,24H,7-8,12,15-16,19-20H2,1-6H3,(H,32,33). The quantitative estimate of drug-likeness (QED) is 0.313. The first kappa shape index (κ1) is 28.3. The van der Waals surface area contributed by atoms with Crippen molar-refractivity contribution in [2.24, 2.45) is 0 Å². The fourth-order valence-electron chi connectivity index (χ4n) is 4.87. The smallest absolute Gasteiger partial charge is 0.295 e. The van der Waals surface area contributed by atoms with Crippen molar-refractivity contribution in [1.82, 2.24) is 14.5 Å². The normalized spacial score (nSPS) is 14.1. The van der Waals surface area contributed by atoms with Gasteiger partial charge >= 0.3 is 0 Å². The predicted molar refractivity (Wildman–Crippen MR) is 157 cm³/mol. The number of allylic oxidation sites excluding steroid dienone is 1. The highest BCUT2D eigenvalue weighted by atomic mass is 16.5. The zero-order valence-corrected chi connectivity index (χ0v) is 24.1. The summed E-state index contributed by atoms with van der Waals surface area (Å²) in [6, 6.07) is 13.3. The molecule has 1 amide bonds. The molecule has 0 radical (unpaired) electrons. The number of amides is 1. The van der Waals surface area contributed by atoms with Gasteiger partial charge in [0.05, 0.1) is 11.8 Å². The molecule has 1 unspecified atom stereocenters. The number of rotatable bonds is 10. The van der Waals surface area contributed by atoms with Gasteiger partial charge in [0.15, 0.2) is 11.5 Å². The first-order valence-corrected chi connectivity index (χ1v) is 14.0. The van der Waals surface area contributed by atoms with E-state index in [1.807, 2.05) is 43.3 Å². The van der Waals surface area contributed by atoms with Crippen molar-refractivity contribution in [2.45, 2.75) is 84.8 Å². The Hall–Kier alpha value is -3.68. The molecular formula is C31H41N5O3. The Balaban J connectivity index is 1.75. The molecule has 0 spiro atoms. The number of pyridine rings is 1. The molecule has 208 valence electrons. The van der Waals surface area contributed by atoms with Crippen molar-refractivity contribution in [3.63, 3.8) is 0 Å². The van der Waals surface area contributed by atoms with E-state index in [0.717, 1.165) is 24.2 Å². The minimum absolute atomic E-state index is 0.0500. The summed E-state index contributed by atoms with van der Waals surface area (Å²) in [6.07, 6.45) is 5.08. The van der Waals surface area contributed by atoms with Gasteiger partial charge in [-0.2, -0.15) is 0 Å². The van der Waals surface area contributed by atoms with Gasteiger partial charge in [-0.1, -0.05) is 44.2 Å². The van der Waals surface area contributed by atoms with E-state index >= 15 is 0 Å². The van der Waals surface area contributed by atoms with Gasteiger partial charge in [-0.05, 0) is 69.7 Å². The molecular weight excluding hydrogens is 490 g/mol. The number of nitrogens with one attached hydrogen (secondary N) is 1. The van der Waals surface area contributed by atoms with E-state index in [2.05, 4.69) is 33.0 Å². The third-order valence-corrected chi connectivity index (χ3v) is 7.05. The molecule has 0 aliphatic heterocycles. The van der Waals surface area contributed by atoms with Gasteiger partial charge in [-0.25, -0.2) is 9.97 Å². The first-order chi connectivity index (χ1) is 18.6. The van der Waals surface area contributed by atoms with E-state index in [9.17, 15) is 9.59 Å². The highest BCUT2D eigenvalue weighted by molar-refractivity contribution is 5.92. The number of ether oxygens (including phenoxy) is 1. The lowest BCUT2D eigenvalue weighted by Crippen LogP contribution is -2.31. The Bertz CT molecular complexity index is 1400. The van der Waals surface area contributed by atoms with Crippen LogP contribution in [0.2, 0.25) is 0 Å². The summed E-state index contributed by atoms with van der Waals surface area (Å²) in [4.78, 5) is 37.4. The summed E-state index contributed by atoms with van der Waals surface area (Å²) in [5.41, 5.74) is 2.93. The molecule has 3 aromatic rings. The molecule has 0 saturated heterocycles. The zero-order valence-electron chi connectivity index (χ0n) is 24.1. The lowest BCUT2D eigenvalue weighted by atomic mass is 9.90. The molecule has 1 fully saturated rings. The van der Waals surface area contributed by atoms with Crippen molar-refractivity contribution >= 4 is 28.7 Å². The van der Waals surface area contributed by atoms with Crippen LogP contribution in [0.1, 0.15) is 84.7 Å². The Morgan fingerprint density at radius 1 is 1.10 bits per heavy atom. The summed E-state index contributed by atoms with van der Waals surface area (Å²) in [6.45, 7) is 10.6. The minimum Gasteiger partial charge on any atom is -0.492 e. The predicted octanol–water partition coefficient (Wildman–Crippen LogP) is 6.22. The summed E-state index contributed by atoms with van der Waals surface area (Å²) in [7, 11) is 1.70. The Labute approximate surface area is 231 Å². The molecule has 2 aromatic heterocycles. The number of hydrogen-bond donors (Lipinski definition) is 1. The number of nitrogens with zero attached hydrogens (tertiary/aromatic N) is 4. The van der Waals surface area contributed by atoms with Gasteiger partial charge in [0, 0.05) is 26.4 Å². The maximum atomic E-state index is 14.0. The van der Waals surface area contributed by atoms with Gasteiger partial charge in [0.1, 0.15) is 16.9 Å². The summed E-state index contributed by atoms with van der Waals surface area (Å²) >= 11 is 0. The van der Waals surface area contributed by atoms with E-state index in [0.29, 0.717) is 42.8 Å². The number of fused-ring (bicyclic) bond motifs is 1. The van der Waals surface area contributed by atoms with Crippen molar-refractivity contribution in [1.29, 1.82) is 0 Å². The van der Waals surface area contributed by atoms with E-state index in [1.165, 1.54) is 16.9 Å². The highest BCUT2D eigenvalue weighted by Gasteiger charge is 2.23. The first-order valence-electron chi connectivity index (χ1n) is 14.0. The zero-order chi connectivity index (χ0) is 28.2. The molecule has 4 rings (SSSR count). The number of aromatic nitrogens is 3. The number of benzene rings is 1. The van der Waals surface area contributed by atoms with Crippen LogP contribution in [-0.2, 0) is 9.53 Å². The molecule has 1 atom stereocenters. The summed E-state index contributed by atoms with van der Waals surface area (Å²) < 4.78 is 8.00. The van der Waals surface area contributed by atoms with E-state index in [1.54, 1.807) is 17.7 Å². The van der Waals surface area contributed by atoms with Crippen molar-refractivity contribution in [3.8, 4) is 0 Å². The minimum atomic E-state index is -0.272. The fraction of sp³-hybridized carbons (Fsp3) is 0.484. The number of anilines is 2. The lowest BCUT2D eigenvalue weighted by molar-refractivity contribution is -0.118. The third kappa shape index (κ3) is 6.49. The van der Waals surface area contributed by atoms with Crippen LogP contribution in [0.25, 0.3) is 11.2 Å². The maximum absolute atomic E-state index is 14.0. The highest BCUT2D eigenvalue weighted by Crippen LogP contribution is 2.33. The fourth-order valence-corrected chi connectivity index (χ4v) is 4.87. The van der Waals surface area contributed by atoms with Crippen LogP contribution >= 0.6 is 0 Å². The number of carbonyl (C=O) groups excluding carboxylic acids is 1. The molecule has 1 aromatic carbocycles. The van der Waals surface area contributed by atoms with E-state index < -0.39 is 0 Å². The average molecular weight is 532 g/mol. The number of carbonyl (C=O) groups is 1. The van der Waals surface area contributed by atoms with Gasteiger partial charge in [-0.3, -0.25) is 19.1 Å². The molecule has 39 heavy (non-hydrogen) atoms. The molecule has 8 heteroatoms. The van der Waals surface area contributed by atoms with Gasteiger partial charge in [0.25, 0.3) is 5.56 Å². The molecule has 0 bridgehead atoms.